The van der Waals surface area contributed by atoms with Crippen molar-refractivity contribution in [2.24, 2.45) is 5.73 Å². The molecule has 98 valence electrons. The zero-order chi connectivity index (χ0) is 13.3. The van der Waals surface area contributed by atoms with E-state index in [1.54, 1.807) is 0 Å². The number of nitrogens with one attached hydrogen (secondary N) is 1. The van der Waals surface area contributed by atoms with E-state index in [9.17, 15) is 9.59 Å². The Balaban J connectivity index is 2.05. The number of anilines is 1. The molecule has 3 amide bonds. The Labute approximate surface area is 117 Å². The number of aromatic nitrogens is 1. The van der Waals surface area contributed by atoms with Gasteiger partial charge in [-0.25, -0.2) is 9.78 Å². The third kappa shape index (κ3) is 2.64. The van der Waals surface area contributed by atoms with Gasteiger partial charge < -0.3 is 10.6 Å². The standard InChI is InChI=1S/C10H13BrN4O2S/c1-5-7(11)18-9(13-5)14-10(17)15-4-2-3-6(15)8(12)16/h6H,2-4H2,1H3,(H2,12,16)(H,13,14,17)/t6-/m0/s1. The molecule has 1 aromatic heterocycles. The van der Waals surface area contributed by atoms with E-state index in [2.05, 4.69) is 26.2 Å². The second-order valence-corrected chi connectivity index (χ2v) is 6.38. The van der Waals surface area contributed by atoms with E-state index in [4.69, 9.17) is 5.73 Å². The number of likely N-dealkylation sites (tertiary alicyclic amines) is 1. The zero-order valence-corrected chi connectivity index (χ0v) is 12.2. The summed E-state index contributed by atoms with van der Waals surface area (Å²) in [6.45, 7) is 2.39. The first-order valence-corrected chi connectivity index (χ1v) is 7.10. The van der Waals surface area contributed by atoms with E-state index in [-0.39, 0.29) is 6.03 Å². The molecule has 3 N–H and O–H groups in total. The molecule has 0 aromatic carbocycles. The minimum absolute atomic E-state index is 0.322. The third-order valence-corrected chi connectivity index (χ3v) is 4.72. The van der Waals surface area contributed by atoms with Gasteiger partial charge in [0, 0.05) is 6.54 Å². The predicted octanol–water partition coefficient (Wildman–Crippen LogP) is 1.70. The average molecular weight is 333 g/mol. The van der Waals surface area contributed by atoms with Crippen molar-refractivity contribution in [2.45, 2.75) is 25.8 Å². The molecular formula is C10H13BrN4O2S. The highest BCUT2D eigenvalue weighted by Crippen LogP contribution is 2.28. The van der Waals surface area contributed by atoms with E-state index >= 15 is 0 Å². The molecule has 1 aromatic rings. The number of carbonyl (C=O) groups is 2. The van der Waals surface area contributed by atoms with Crippen LogP contribution in [-0.4, -0.2) is 34.4 Å². The first-order chi connectivity index (χ1) is 8.49. The number of nitrogens with zero attached hydrogens (tertiary/aromatic N) is 2. The van der Waals surface area contributed by atoms with Gasteiger partial charge in [0.05, 0.1) is 9.48 Å². The Hall–Kier alpha value is -1.15. The van der Waals surface area contributed by atoms with Crippen molar-refractivity contribution in [1.29, 1.82) is 0 Å². The number of primary amides is 1. The topological polar surface area (TPSA) is 88.3 Å². The molecular weight excluding hydrogens is 320 g/mol. The molecule has 0 aliphatic carbocycles. The number of urea groups is 1. The Kier molecular flexibility index (Phi) is 3.86. The van der Waals surface area contributed by atoms with Crippen molar-refractivity contribution >= 4 is 44.3 Å². The second-order valence-electron chi connectivity index (χ2n) is 4.06. The molecule has 6 nitrogen and oxygen atoms in total. The number of rotatable bonds is 2. The number of nitrogens with two attached hydrogens (primary N) is 1. The number of aryl methyl sites for hydroxylation is 1. The molecule has 0 spiro atoms. The normalized spacial score (nSPS) is 19.0. The fourth-order valence-corrected chi connectivity index (χ4v) is 3.13. The van der Waals surface area contributed by atoms with E-state index < -0.39 is 11.9 Å². The van der Waals surface area contributed by atoms with Crippen LogP contribution in [0.3, 0.4) is 0 Å². The molecule has 8 heteroatoms. The lowest BCUT2D eigenvalue weighted by molar-refractivity contribution is -0.121. The molecule has 0 saturated carbocycles. The van der Waals surface area contributed by atoms with Crippen LogP contribution in [0.5, 0.6) is 0 Å². The Morgan fingerprint density at radius 3 is 2.89 bits per heavy atom. The summed E-state index contributed by atoms with van der Waals surface area (Å²) in [5.74, 6) is -0.459. The van der Waals surface area contributed by atoms with Crippen molar-refractivity contribution in [1.82, 2.24) is 9.88 Å². The smallest absolute Gasteiger partial charge is 0.324 e. The Bertz CT molecular complexity index is 471. The van der Waals surface area contributed by atoms with E-state index in [1.807, 2.05) is 6.92 Å². The van der Waals surface area contributed by atoms with Crippen LogP contribution >= 0.6 is 27.3 Å². The lowest BCUT2D eigenvalue weighted by Gasteiger charge is -2.21. The molecule has 1 aliphatic rings. The first-order valence-electron chi connectivity index (χ1n) is 5.49. The van der Waals surface area contributed by atoms with Crippen LogP contribution in [0, 0.1) is 6.92 Å². The number of halogens is 1. The SMILES string of the molecule is Cc1nc(NC(=O)N2CCC[C@H]2C(N)=O)sc1Br. The van der Waals surface area contributed by atoms with Gasteiger partial charge in [-0.3, -0.25) is 10.1 Å². The quantitative estimate of drug-likeness (QED) is 0.863. The largest absolute Gasteiger partial charge is 0.368 e. The number of carbonyl (C=O) groups excluding carboxylic acids is 2. The average Bonchev–Trinajstić information content (AvgIpc) is 2.86. The molecule has 1 fully saturated rings. The fraction of sp³-hybridized carbons (Fsp3) is 0.500. The Morgan fingerprint density at radius 2 is 2.33 bits per heavy atom. The van der Waals surface area contributed by atoms with Gasteiger partial charge in [-0.05, 0) is 35.7 Å². The summed E-state index contributed by atoms with van der Waals surface area (Å²) in [6.07, 6.45) is 1.42. The van der Waals surface area contributed by atoms with Crippen LogP contribution in [0.25, 0.3) is 0 Å². The first kappa shape index (κ1) is 13.3. The lowest BCUT2D eigenvalue weighted by Crippen LogP contribution is -2.45. The molecule has 1 saturated heterocycles. The van der Waals surface area contributed by atoms with Crippen molar-refractivity contribution < 1.29 is 9.59 Å². The summed E-state index contributed by atoms with van der Waals surface area (Å²) in [7, 11) is 0. The summed E-state index contributed by atoms with van der Waals surface area (Å²) >= 11 is 4.68. The monoisotopic (exact) mass is 332 g/mol. The number of amides is 3. The molecule has 2 rings (SSSR count). The van der Waals surface area contributed by atoms with Crippen molar-refractivity contribution in [3.63, 3.8) is 0 Å². The molecule has 0 bridgehead atoms. The van der Waals surface area contributed by atoms with Gasteiger partial charge in [0.2, 0.25) is 5.91 Å². The van der Waals surface area contributed by atoms with Gasteiger partial charge in [-0.1, -0.05) is 11.3 Å². The van der Waals surface area contributed by atoms with Gasteiger partial charge in [0.25, 0.3) is 0 Å². The van der Waals surface area contributed by atoms with E-state index in [1.165, 1.54) is 16.2 Å². The molecule has 18 heavy (non-hydrogen) atoms. The van der Waals surface area contributed by atoms with Crippen LogP contribution < -0.4 is 11.1 Å². The second kappa shape index (κ2) is 5.23. The summed E-state index contributed by atoms with van der Waals surface area (Å²) in [6, 6.07) is -0.827. The maximum absolute atomic E-state index is 12.0. The van der Waals surface area contributed by atoms with Crippen molar-refractivity contribution in [2.75, 3.05) is 11.9 Å². The summed E-state index contributed by atoms with van der Waals surface area (Å²) < 4.78 is 0.880. The van der Waals surface area contributed by atoms with Crippen LogP contribution in [0.15, 0.2) is 3.79 Å². The number of thiazole rings is 1. The maximum Gasteiger partial charge on any atom is 0.324 e. The molecule has 1 aliphatic heterocycles. The Morgan fingerprint density at radius 1 is 1.61 bits per heavy atom. The maximum atomic E-state index is 12.0. The van der Waals surface area contributed by atoms with E-state index in [0.717, 1.165) is 15.9 Å². The minimum atomic E-state index is -0.505. The fourth-order valence-electron chi connectivity index (χ4n) is 1.90. The van der Waals surface area contributed by atoms with E-state index in [0.29, 0.717) is 18.1 Å². The summed E-state index contributed by atoms with van der Waals surface area (Å²) in [4.78, 5) is 28.9. The molecule has 0 unspecified atom stereocenters. The molecule has 2 heterocycles. The molecule has 0 radical (unpaired) electrons. The number of hydrogen-bond acceptors (Lipinski definition) is 4. The van der Waals surface area contributed by atoms with Crippen LogP contribution in [-0.2, 0) is 4.79 Å². The van der Waals surface area contributed by atoms with Gasteiger partial charge in [0.15, 0.2) is 5.13 Å². The molecule has 1 atom stereocenters. The highest BCUT2D eigenvalue weighted by atomic mass is 79.9. The van der Waals surface area contributed by atoms with Gasteiger partial charge in [-0.2, -0.15) is 0 Å². The summed E-state index contributed by atoms with van der Waals surface area (Å²) in [5.41, 5.74) is 6.09. The third-order valence-electron chi connectivity index (χ3n) is 2.80. The zero-order valence-electron chi connectivity index (χ0n) is 9.77. The van der Waals surface area contributed by atoms with Gasteiger partial charge in [0.1, 0.15) is 6.04 Å². The van der Waals surface area contributed by atoms with Crippen LogP contribution in [0.2, 0.25) is 0 Å². The minimum Gasteiger partial charge on any atom is -0.368 e. The predicted molar refractivity (Wildman–Crippen MR) is 72.5 cm³/mol. The van der Waals surface area contributed by atoms with Crippen molar-refractivity contribution in [3.05, 3.63) is 9.48 Å². The van der Waals surface area contributed by atoms with Crippen LogP contribution in [0.1, 0.15) is 18.5 Å². The van der Waals surface area contributed by atoms with Crippen molar-refractivity contribution in [3.8, 4) is 0 Å². The van der Waals surface area contributed by atoms with Gasteiger partial charge >= 0.3 is 6.03 Å². The van der Waals surface area contributed by atoms with Crippen LogP contribution in [0.4, 0.5) is 9.93 Å². The lowest BCUT2D eigenvalue weighted by atomic mass is 10.2. The number of hydrogen-bond donors (Lipinski definition) is 2. The summed E-state index contributed by atoms with van der Waals surface area (Å²) in [5, 5.41) is 3.20. The highest BCUT2D eigenvalue weighted by molar-refractivity contribution is 9.11. The van der Waals surface area contributed by atoms with Gasteiger partial charge in [-0.15, -0.1) is 0 Å². The highest BCUT2D eigenvalue weighted by Gasteiger charge is 2.32.